The van der Waals surface area contributed by atoms with E-state index in [9.17, 15) is 9.59 Å². The summed E-state index contributed by atoms with van der Waals surface area (Å²) in [6.45, 7) is 0. The average molecular weight is 217 g/mol. The molecule has 16 heavy (non-hydrogen) atoms. The van der Waals surface area contributed by atoms with E-state index in [1.165, 1.54) is 0 Å². The predicted molar refractivity (Wildman–Crippen MR) is 54.8 cm³/mol. The normalized spacial score (nSPS) is 22.0. The summed E-state index contributed by atoms with van der Waals surface area (Å²) >= 11 is 0. The molecule has 0 unspecified atom stereocenters. The monoisotopic (exact) mass is 217 g/mol. The Labute approximate surface area is 92.6 Å². The van der Waals surface area contributed by atoms with Crippen molar-refractivity contribution in [3.8, 4) is 0 Å². The van der Waals surface area contributed by atoms with E-state index >= 15 is 0 Å². The molecule has 4 nitrogen and oxygen atoms in total. The van der Waals surface area contributed by atoms with Gasteiger partial charge in [0.2, 0.25) is 0 Å². The number of pyridine rings is 1. The van der Waals surface area contributed by atoms with Gasteiger partial charge in [0.05, 0.1) is 11.3 Å². The number of hydrogen-bond donors (Lipinski definition) is 0. The zero-order chi connectivity index (χ0) is 11.2. The fraction of sp³-hybridized carbons (Fsp3) is 0.417. The average Bonchev–Trinajstić information content (AvgIpc) is 2.58. The Morgan fingerprint density at radius 2 is 2.00 bits per heavy atom. The lowest BCUT2D eigenvalue weighted by atomic mass is 9.81. The molecule has 0 N–H and O–H groups in total. The van der Waals surface area contributed by atoms with E-state index in [0.717, 1.165) is 0 Å². The summed E-state index contributed by atoms with van der Waals surface area (Å²) in [5.74, 6) is -0.0662. The quantitative estimate of drug-likeness (QED) is 0.619. The molecule has 0 amide bonds. The van der Waals surface area contributed by atoms with Crippen LogP contribution < -0.4 is 0 Å². The molecule has 1 saturated carbocycles. The first-order chi connectivity index (χ1) is 7.71. The van der Waals surface area contributed by atoms with Crippen LogP contribution in [-0.2, 0) is 15.1 Å². The first-order valence-corrected chi connectivity index (χ1v) is 5.42. The maximum atomic E-state index is 11.7. The van der Waals surface area contributed by atoms with Gasteiger partial charge in [-0.1, -0.05) is 0 Å². The third-order valence-electron chi connectivity index (χ3n) is 3.36. The lowest BCUT2D eigenvalue weighted by molar-refractivity contribution is -0.125. The van der Waals surface area contributed by atoms with Gasteiger partial charge in [0, 0.05) is 19.0 Å². The molecule has 2 aliphatic rings. The second kappa shape index (κ2) is 3.14. The van der Waals surface area contributed by atoms with Crippen molar-refractivity contribution in [1.29, 1.82) is 0 Å². The maximum absolute atomic E-state index is 11.7. The zero-order valence-corrected chi connectivity index (χ0v) is 8.73. The van der Waals surface area contributed by atoms with Crippen LogP contribution in [0.5, 0.6) is 0 Å². The topological polar surface area (TPSA) is 56.3 Å². The number of fused-ring (bicyclic) bond motifs is 2. The van der Waals surface area contributed by atoms with Crippen LogP contribution in [-0.4, -0.2) is 16.7 Å². The number of Topliss-reactive ketones (excluding diaryl/α,β-unsaturated/α-hetero) is 1. The molecule has 4 heteroatoms. The Hall–Kier alpha value is -1.71. The van der Waals surface area contributed by atoms with Gasteiger partial charge in [0.1, 0.15) is 5.78 Å². The van der Waals surface area contributed by atoms with Crippen LogP contribution in [0.25, 0.3) is 0 Å². The number of rotatable bonds is 0. The number of esters is 1. The number of ketones is 1. The molecule has 2 heterocycles. The van der Waals surface area contributed by atoms with E-state index < -0.39 is 5.60 Å². The Balaban J connectivity index is 2.05. The van der Waals surface area contributed by atoms with Crippen LogP contribution in [0, 0.1) is 0 Å². The number of hydrogen-bond acceptors (Lipinski definition) is 4. The van der Waals surface area contributed by atoms with Gasteiger partial charge in [0.25, 0.3) is 0 Å². The summed E-state index contributed by atoms with van der Waals surface area (Å²) in [5.41, 5.74) is 0.644. The Morgan fingerprint density at radius 1 is 1.25 bits per heavy atom. The first-order valence-electron chi connectivity index (χ1n) is 5.42. The van der Waals surface area contributed by atoms with Crippen molar-refractivity contribution in [3.05, 3.63) is 29.6 Å². The molecular weight excluding hydrogens is 206 g/mol. The molecular formula is C12H11NO3. The van der Waals surface area contributed by atoms with Gasteiger partial charge in [-0.2, -0.15) is 0 Å². The van der Waals surface area contributed by atoms with Crippen LogP contribution in [0.15, 0.2) is 18.3 Å². The molecule has 0 saturated heterocycles. The highest BCUT2D eigenvalue weighted by atomic mass is 16.6. The second-order valence-corrected chi connectivity index (χ2v) is 4.32. The van der Waals surface area contributed by atoms with Gasteiger partial charge in [-0.25, -0.2) is 4.79 Å². The van der Waals surface area contributed by atoms with Crippen molar-refractivity contribution in [2.45, 2.75) is 31.3 Å². The van der Waals surface area contributed by atoms with Crippen molar-refractivity contribution in [1.82, 2.24) is 4.98 Å². The molecule has 1 aromatic rings. The third kappa shape index (κ3) is 1.19. The van der Waals surface area contributed by atoms with E-state index in [2.05, 4.69) is 4.98 Å². The highest BCUT2D eigenvalue weighted by Crippen LogP contribution is 2.44. The minimum absolute atomic E-state index is 0.242. The third-order valence-corrected chi connectivity index (χ3v) is 3.36. The second-order valence-electron chi connectivity index (χ2n) is 4.32. The molecule has 0 bridgehead atoms. The molecule has 1 aliphatic heterocycles. The molecule has 0 atom stereocenters. The molecule has 82 valence electrons. The minimum Gasteiger partial charge on any atom is -0.449 e. The molecule has 1 spiro atoms. The highest BCUT2D eigenvalue weighted by molar-refractivity contribution is 5.94. The lowest BCUT2D eigenvalue weighted by Crippen LogP contribution is -2.32. The standard InChI is InChI=1S/C12H11NO3/c14-8-3-5-12(6-4-8)10-9(11(15)16-12)2-1-7-13-10/h1-2,7H,3-6H2. The van der Waals surface area contributed by atoms with Gasteiger partial charge in [0.15, 0.2) is 5.60 Å². The highest BCUT2D eigenvalue weighted by Gasteiger charge is 2.48. The lowest BCUT2D eigenvalue weighted by Gasteiger charge is -2.30. The number of carbonyl (C=O) groups is 2. The van der Waals surface area contributed by atoms with E-state index in [4.69, 9.17) is 4.74 Å². The van der Waals surface area contributed by atoms with Gasteiger partial charge < -0.3 is 4.74 Å². The van der Waals surface area contributed by atoms with Crippen molar-refractivity contribution in [3.63, 3.8) is 0 Å². The molecule has 1 aromatic heterocycles. The summed E-state index contributed by atoms with van der Waals surface area (Å²) < 4.78 is 5.45. The Bertz CT molecular complexity index is 471. The number of ether oxygens (including phenoxy) is 1. The van der Waals surface area contributed by atoms with Crippen molar-refractivity contribution in [2.75, 3.05) is 0 Å². The predicted octanol–water partition coefficient (Wildman–Crippen LogP) is 1.59. The summed E-state index contributed by atoms with van der Waals surface area (Å²) in [6, 6.07) is 3.46. The Morgan fingerprint density at radius 3 is 2.75 bits per heavy atom. The number of carbonyl (C=O) groups excluding carboxylic acids is 2. The van der Waals surface area contributed by atoms with E-state index in [1.807, 2.05) is 0 Å². The van der Waals surface area contributed by atoms with Crippen molar-refractivity contribution >= 4 is 11.8 Å². The molecule has 1 aliphatic carbocycles. The summed E-state index contributed by atoms with van der Waals surface area (Å²) in [4.78, 5) is 27.2. The van der Waals surface area contributed by atoms with E-state index in [-0.39, 0.29) is 11.8 Å². The van der Waals surface area contributed by atoms with Crippen molar-refractivity contribution in [2.24, 2.45) is 0 Å². The van der Waals surface area contributed by atoms with Gasteiger partial charge in [-0.15, -0.1) is 0 Å². The van der Waals surface area contributed by atoms with Crippen molar-refractivity contribution < 1.29 is 14.3 Å². The minimum atomic E-state index is -0.623. The molecule has 3 rings (SSSR count). The van der Waals surface area contributed by atoms with Gasteiger partial charge >= 0.3 is 5.97 Å². The maximum Gasteiger partial charge on any atom is 0.341 e. The molecule has 0 radical (unpaired) electrons. The van der Waals surface area contributed by atoms with Crippen LogP contribution >= 0.6 is 0 Å². The SMILES string of the molecule is O=C1CCC2(CC1)OC(=O)c1cccnc12. The zero-order valence-electron chi connectivity index (χ0n) is 8.73. The van der Waals surface area contributed by atoms with Gasteiger partial charge in [-0.3, -0.25) is 9.78 Å². The van der Waals surface area contributed by atoms with Crippen LogP contribution in [0.2, 0.25) is 0 Å². The molecule has 0 aromatic carbocycles. The fourth-order valence-electron chi connectivity index (χ4n) is 2.49. The summed E-state index contributed by atoms with van der Waals surface area (Å²) in [5, 5.41) is 0. The first kappa shape index (κ1) is 9.51. The largest absolute Gasteiger partial charge is 0.449 e. The number of aromatic nitrogens is 1. The van der Waals surface area contributed by atoms with Crippen LogP contribution in [0.1, 0.15) is 41.7 Å². The Kier molecular flexibility index (Phi) is 1.87. The summed E-state index contributed by atoms with van der Waals surface area (Å²) in [6.07, 6.45) is 3.76. The van der Waals surface area contributed by atoms with Crippen LogP contribution in [0.3, 0.4) is 0 Å². The smallest absolute Gasteiger partial charge is 0.341 e. The van der Waals surface area contributed by atoms with E-state index in [1.54, 1.807) is 18.3 Å². The number of nitrogens with zero attached hydrogens (tertiary/aromatic N) is 1. The van der Waals surface area contributed by atoms with E-state index in [0.29, 0.717) is 36.9 Å². The fourth-order valence-corrected chi connectivity index (χ4v) is 2.49. The van der Waals surface area contributed by atoms with Crippen LogP contribution in [0.4, 0.5) is 0 Å². The molecule has 1 fully saturated rings. The van der Waals surface area contributed by atoms with Gasteiger partial charge in [-0.05, 0) is 25.0 Å². The summed E-state index contributed by atoms with van der Waals surface area (Å²) in [7, 11) is 0.